The van der Waals surface area contributed by atoms with Gasteiger partial charge in [-0.3, -0.25) is 14.6 Å². The predicted octanol–water partition coefficient (Wildman–Crippen LogP) is 3.10. The molecule has 1 N–H and O–H groups in total. The number of methoxy groups -OCH3 is 1. The number of carboxylic acids is 1. The molecule has 1 aliphatic carbocycles. The molecule has 0 saturated carbocycles. The summed E-state index contributed by atoms with van der Waals surface area (Å²) < 4.78 is 10.2. The van der Waals surface area contributed by atoms with Gasteiger partial charge in [0.15, 0.2) is 12.4 Å². The molecule has 0 saturated heterocycles. The van der Waals surface area contributed by atoms with Crippen molar-refractivity contribution < 1.29 is 29.0 Å². The van der Waals surface area contributed by atoms with Crippen LogP contribution >= 0.6 is 0 Å². The number of carbonyl (C=O) groups is 3. The number of ether oxygens (including phenoxy) is 2. The summed E-state index contributed by atoms with van der Waals surface area (Å²) >= 11 is 0. The molecule has 2 atom stereocenters. The van der Waals surface area contributed by atoms with E-state index in [-0.39, 0.29) is 5.78 Å². The predicted molar refractivity (Wildman–Crippen MR) is 109 cm³/mol. The zero-order valence-electron chi connectivity index (χ0n) is 16.4. The third-order valence-electron chi connectivity index (χ3n) is 5.37. The summed E-state index contributed by atoms with van der Waals surface area (Å²) in [4.78, 5) is 41.2. The van der Waals surface area contributed by atoms with Crippen molar-refractivity contribution >= 4 is 29.1 Å². The van der Waals surface area contributed by atoms with Crippen molar-refractivity contribution in [1.82, 2.24) is 0 Å². The molecule has 0 radical (unpaired) electrons. The topological polar surface area (TPSA) is 102 Å². The van der Waals surface area contributed by atoms with Crippen molar-refractivity contribution in [2.75, 3.05) is 13.7 Å². The summed E-state index contributed by atoms with van der Waals surface area (Å²) in [5.41, 5.74) is 3.67. The van der Waals surface area contributed by atoms with Crippen LogP contribution in [0.3, 0.4) is 0 Å². The number of ketones is 1. The van der Waals surface area contributed by atoms with E-state index in [0.29, 0.717) is 28.3 Å². The monoisotopic (exact) mass is 405 g/mol. The number of rotatable bonds is 5. The highest BCUT2D eigenvalue weighted by Crippen LogP contribution is 2.48. The average molecular weight is 405 g/mol. The van der Waals surface area contributed by atoms with Gasteiger partial charge in [-0.15, -0.1) is 0 Å². The Labute approximate surface area is 172 Å². The van der Waals surface area contributed by atoms with Crippen molar-refractivity contribution in [2.45, 2.75) is 12.8 Å². The van der Waals surface area contributed by atoms with Gasteiger partial charge in [0.05, 0.1) is 12.8 Å². The number of allylic oxidation sites excluding steroid dienone is 1. The molecule has 152 valence electrons. The number of benzene rings is 2. The molecule has 2 aliphatic rings. The Morgan fingerprint density at radius 1 is 1.07 bits per heavy atom. The van der Waals surface area contributed by atoms with Crippen LogP contribution in [0.4, 0.5) is 0 Å². The van der Waals surface area contributed by atoms with Crippen molar-refractivity contribution in [3.63, 3.8) is 0 Å². The standard InChI is InChI=1S/C23H19NO6/c1-12-18(23(28)29-2)19(13-7-9-14(10-8-13)30-11-17(25)26)20-21(24-12)15-5-3-4-6-16(15)22(20)27/h3-10,18-19H,11H2,1-2H3,(H,25,26)/t18?,19-/m0/s1. The highest BCUT2D eigenvalue weighted by Gasteiger charge is 2.45. The van der Waals surface area contributed by atoms with E-state index in [1.54, 1.807) is 43.3 Å². The fraction of sp³-hybridized carbons (Fsp3) is 0.217. The Morgan fingerprint density at radius 3 is 2.37 bits per heavy atom. The van der Waals surface area contributed by atoms with Crippen LogP contribution in [0.5, 0.6) is 5.75 Å². The van der Waals surface area contributed by atoms with Crippen LogP contribution in [0.2, 0.25) is 0 Å². The minimum absolute atomic E-state index is 0.151. The van der Waals surface area contributed by atoms with Crippen molar-refractivity contribution in [1.29, 1.82) is 0 Å². The molecule has 7 heteroatoms. The molecule has 2 aromatic rings. The Kier molecular flexibility index (Phi) is 4.95. The van der Waals surface area contributed by atoms with Crippen molar-refractivity contribution in [2.24, 2.45) is 10.9 Å². The molecule has 7 nitrogen and oxygen atoms in total. The van der Waals surface area contributed by atoms with E-state index in [4.69, 9.17) is 14.6 Å². The molecule has 0 bridgehead atoms. The normalized spacial score (nSPS) is 19.7. The zero-order chi connectivity index (χ0) is 21.4. The van der Waals surface area contributed by atoms with E-state index in [2.05, 4.69) is 4.99 Å². The lowest BCUT2D eigenvalue weighted by Crippen LogP contribution is -2.34. The van der Waals surface area contributed by atoms with Gasteiger partial charge in [-0.05, 0) is 24.6 Å². The third kappa shape index (κ3) is 3.18. The molecular weight excluding hydrogens is 386 g/mol. The van der Waals surface area contributed by atoms with Crippen LogP contribution in [0.25, 0.3) is 5.70 Å². The third-order valence-corrected chi connectivity index (χ3v) is 5.37. The Hall–Kier alpha value is -3.74. The lowest BCUT2D eigenvalue weighted by Gasteiger charge is -2.30. The van der Waals surface area contributed by atoms with Crippen LogP contribution in [0.1, 0.15) is 34.3 Å². The van der Waals surface area contributed by atoms with Gasteiger partial charge in [0.1, 0.15) is 11.7 Å². The minimum Gasteiger partial charge on any atom is -0.482 e. The van der Waals surface area contributed by atoms with Crippen LogP contribution < -0.4 is 4.74 Å². The molecule has 2 aromatic carbocycles. The minimum atomic E-state index is -1.08. The number of hydrogen-bond donors (Lipinski definition) is 1. The second kappa shape index (κ2) is 7.59. The van der Waals surface area contributed by atoms with Crippen molar-refractivity contribution in [3.05, 3.63) is 70.8 Å². The zero-order valence-corrected chi connectivity index (χ0v) is 16.4. The maximum Gasteiger partial charge on any atom is 0.341 e. The second-order valence-electron chi connectivity index (χ2n) is 7.12. The number of esters is 1. The molecule has 0 fully saturated rings. The number of aliphatic carboxylic acids is 1. The SMILES string of the molecule is COC(=O)C1C(C)=NC2=C(C(=O)c3ccccc32)[C@H]1c1ccc(OCC(=O)O)cc1. The lowest BCUT2D eigenvalue weighted by molar-refractivity contribution is -0.143. The van der Waals surface area contributed by atoms with Crippen LogP contribution in [-0.4, -0.2) is 42.3 Å². The number of carbonyl (C=O) groups excluding carboxylic acids is 2. The number of carboxylic acid groups (broad SMARTS) is 1. The molecule has 0 aromatic heterocycles. The molecule has 0 spiro atoms. The quantitative estimate of drug-likeness (QED) is 0.767. The second-order valence-corrected chi connectivity index (χ2v) is 7.12. The summed E-state index contributed by atoms with van der Waals surface area (Å²) in [5, 5.41) is 8.77. The summed E-state index contributed by atoms with van der Waals surface area (Å²) in [5.74, 6) is -2.62. The van der Waals surface area contributed by atoms with E-state index in [1.807, 2.05) is 12.1 Å². The first-order valence-electron chi connectivity index (χ1n) is 9.38. The van der Waals surface area contributed by atoms with E-state index < -0.39 is 30.4 Å². The lowest BCUT2D eigenvalue weighted by atomic mass is 9.75. The molecule has 1 heterocycles. The molecule has 4 rings (SSSR count). The highest BCUT2D eigenvalue weighted by atomic mass is 16.5. The largest absolute Gasteiger partial charge is 0.482 e. The fourth-order valence-electron chi connectivity index (χ4n) is 4.06. The van der Waals surface area contributed by atoms with Gasteiger partial charge in [0, 0.05) is 28.3 Å². The van der Waals surface area contributed by atoms with Gasteiger partial charge in [0.25, 0.3) is 0 Å². The Balaban J connectivity index is 1.80. The van der Waals surface area contributed by atoms with E-state index >= 15 is 0 Å². The fourth-order valence-corrected chi connectivity index (χ4v) is 4.06. The molecule has 1 aliphatic heterocycles. The smallest absolute Gasteiger partial charge is 0.341 e. The maximum absolute atomic E-state index is 13.3. The van der Waals surface area contributed by atoms with Gasteiger partial charge in [0.2, 0.25) is 0 Å². The summed E-state index contributed by atoms with van der Waals surface area (Å²) in [7, 11) is 1.31. The molecule has 1 unspecified atom stereocenters. The Morgan fingerprint density at radius 2 is 1.73 bits per heavy atom. The van der Waals surface area contributed by atoms with Gasteiger partial charge in [-0.1, -0.05) is 36.4 Å². The number of nitrogens with zero attached hydrogens (tertiary/aromatic N) is 1. The first-order valence-corrected chi connectivity index (χ1v) is 9.38. The molecule has 30 heavy (non-hydrogen) atoms. The van der Waals surface area contributed by atoms with Gasteiger partial charge < -0.3 is 14.6 Å². The first-order chi connectivity index (χ1) is 14.4. The number of hydrogen-bond acceptors (Lipinski definition) is 6. The van der Waals surface area contributed by atoms with E-state index in [1.165, 1.54) is 7.11 Å². The number of aliphatic imine (C=N–C) groups is 1. The van der Waals surface area contributed by atoms with Gasteiger partial charge in [-0.2, -0.15) is 0 Å². The van der Waals surface area contributed by atoms with Gasteiger partial charge in [-0.25, -0.2) is 4.79 Å². The van der Waals surface area contributed by atoms with Crippen molar-refractivity contribution in [3.8, 4) is 5.75 Å². The summed E-state index contributed by atoms with van der Waals surface area (Å²) in [6, 6.07) is 14.0. The molecular formula is C23H19NO6. The average Bonchev–Trinajstić information content (AvgIpc) is 3.03. The van der Waals surface area contributed by atoms with Gasteiger partial charge >= 0.3 is 11.9 Å². The van der Waals surface area contributed by atoms with E-state index in [9.17, 15) is 14.4 Å². The number of Topliss-reactive ketones (excluding diaryl/α,β-unsaturated/α-hetero) is 1. The Bertz CT molecular complexity index is 1110. The first kappa shape index (κ1) is 19.6. The van der Waals surface area contributed by atoms with Crippen LogP contribution in [-0.2, 0) is 14.3 Å². The summed E-state index contributed by atoms with van der Waals surface area (Å²) in [6.45, 7) is 1.30. The highest BCUT2D eigenvalue weighted by molar-refractivity contribution is 6.24. The number of fused-ring (bicyclic) bond motifs is 2. The van der Waals surface area contributed by atoms with Crippen LogP contribution in [0.15, 0.2) is 59.1 Å². The van der Waals surface area contributed by atoms with E-state index in [0.717, 1.165) is 11.1 Å². The maximum atomic E-state index is 13.3. The molecule has 0 amide bonds. The summed E-state index contributed by atoms with van der Waals surface area (Å²) in [6.07, 6.45) is 0. The van der Waals surface area contributed by atoms with Crippen LogP contribution in [0, 0.1) is 5.92 Å².